The molecule has 3 rings (SSSR count). The van der Waals surface area contributed by atoms with E-state index in [0.29, 0.717) is 5.82 Å². The van der Waals surface area contributed by atoms with Crippen molar-refractivity contribution in [1.29, 1.82) is 0 Å². The average Bonchev–Trinajstić information content (AvgIpc) is 2.96. The number of pyridine rings is 1. The number of thiazole rings is 1. The highest BCUT2D eigenvalue weighted by Crippen LogP contribution is 2.30. The lowest BCUT2D eigenvalue weighted by Crippen LogP contribution is -2.22. The van der Waals surface area contributed by atoms with Crippen LogP contribution >= 0.6 is 11.3 Å². The molecule has 0 unspecified atom stereocenters. The van der Waals surface area contributed by atoms with E-state index in [1.54, 1.807) is 17.4 Å². The van der Waals surface area contributed by atoms with Crippen molar-refractivity contribution in [3.63, 3.8) is 0 Å². The van der Waals surface area contributed by atoms with Gasteiger partial charge in [0.25, 0.3) is 0 Å². The summed E-state index contributed by atoms with van der Waals surface area (Å²) in [5, 5.41) is 6.06. The number of primary sulfonamides is 1. The second-order valence-corrected chi connectivity index (χ2v) is 7.83. The minimum Gasteiger partial charge on any atom is -0.350 e. The van der Waals surface area contributed by atoms with Crippen LogP contribution in [0.1, 0.15) is 18.0 Å². The standard InChI is InChI=1S/C15H16N4O2S2/c1-10(15-18-12-5-3-4-6-13(12)22-15)19(2)14-8-7-11(9-17-14)23(16,20)21/h3-10H,1-2H3,(H2,16,20,21)/t10-/m1/s1. The van der Waals surface area contributed by atoms with Crippen LogP contribution in [-0.4, -0.2) is 25.4 Å². The molecule has 0 aliphatic carbocycles. The first-order valence-electron chi connectivity index (χ1n) is 6.93. The first kappa shape index (κ1) is 15.9. The number of hydrogen-bond acceptors (Lipinski definition) is 6. The number of fused-ring (bicyclic) bond motifs is 1. The molecule has 2 heterocycles. The van der Waals surface area contributed by atoms with E-state index in [2.05, 4.69) is 9.97 Å². The molecular formula is C15H16N4O2S2. The van der Waals surface area contributed by atoms with Gasteiger partial charge in [0.05, 0.1) is 16.3 Å². The minimum atomic E-state index is -3.73. The Kier molecular flexibility index (Phi) is 4.05. The van der Waals surface area contributed by atoms with E-state index in [1.807, 2.05) is 43.1 Å². The third-order valence-corrected chi connectivity index (χ3v) is 5.76. The second kappa shape index (κ2) is 5.88. The summed E-state index contributed by atoms with van der Waals surface area (Å²) in [6.45, 7) is 2.03. The van der Waals surface area contributed by atoms with Gasteiger partial charge in [-0.25, -0.2) is 23.5 Å². The Morgan fingerprint density at radius 1 is 1.22 bits per heavy atom. The van der Waals surface area contributed by atoms with Crippen molar-refractivity contribution in [1.82, 2.24) is 9.97 Å². The molecule has 3 aromatic rings. The van der Waals surface area contributed by atoms with Crippen LogP contribution < -0.4 is 10.0 Å². The van der Waals surface area contributed by atoms with E-state index < -0.39 is 10.0 Å². The van der Waals surface area contributed by atoms with Gasteiger partial charge in [0.15, 0.2) is 0 Å². The normalized spacial score (nSPS) is 13.2. The SMILES string of the molecule is C[C@H](c1nc2ccccc2s1)N(C)c1ccc(S(N)(=O)=O)cn1. The molecule has 1 aromatic carbocycles. The maximum Gasteiger partial charge on any atom is 0.239 e. The van der Waals surface area contributed by atoms with Gasteiger partial charge in [-0.2, -0.15) is 0 Å². The Bertz CT molecular complexity index is 903. The van der Waals surface area contributed by atoms with Gasteiger partial charge in [0.2, 0.25) is 10.0 Å². The molecule has 8 heteroatoms. The fraction of sp³-hybridized carbons (Fsp3) is 0.200. The average molecular weight is 348 g/mol. The summed E-state index contributed by atoms with van der Waals surface area (Å²) in [6.07, 6.45) is 1.27. The van der Waals surface area contributed by atoms with Crippen LogP contribution in [0, 0.1) is 0 Å². The Morgan fingerprint density at radius 3 is 2.57 bits per heavy atom. The summed E-state index contributed by atoms with van der Waals surface area (Å²) in [5.74, 6) is 0.657. The van der Waals surface area contributed by atoms with Crippen LogP contribution in [0.4, 0.5) is 5.82 Å². The molecule has 0 saturated carbocycles. The molecule has 0 aliphatic rings. The van der Waals surface area contributed by atoms with Crippen molar-refractivity contribution in [2.45, 2.75) is 17.9 Å². The highest BCUT2D eigenvalue weighted by molar-refractivity contribution is 7.89. The largest absolute Gasteiger partial charge is 0.350 e. The van der Waals surface area contributed by atoms with Crippen LogP contribution in [0.25, 0.3) is 10.2 Å². The summed E-state index contributed by atoms with van der Waals surface area (Å²) >= 11 is 1.64. The van der Waals surface area contributed by atoms with Gasteiger partial charge in [0, 0.05) is 13.2 Å². The Morgan fingerprint density at radius 2 is 1.96 bits per heavy atom. The lowest BCUT2D eigenvalue weighted by molar-refractivity contribution is 0.597. The van der Waals surface area contributed by atoms with Gasteiger partial charge in [-0.1, -0.05) is 12.1 Å². The summed E-state index contributed by atoms with van der Waals surface area (Å²) in [5.41, 5.74) is 0.977. The lowest BCUT2D eigenvalue weighted by atomic mass is 10.3. The highest BCUT2D eigenvalue weighted by Gasteiger charge is 2.18. The van der Waals surface area contributed by atoms with Crippen LogP contribution in [0.15, 0.2) is 47.5 Å². The quantitative estimate of drug-likeness (QED) is 0.782. The molecule has 2 aromatic heterocycles. The summed E-state index contributed by atoms with van der Waals surface area (Å²) in [7, 11) is -1.83. The maximum absolute atomic E-state index is 11.3. The van der Waals surface area contributed by atoms with Gasteiger partial charge in [-0.15, -0.1) is 11.3 Å². The third kappa shape index (κ3) is 3.19. The lowest BCUT2D eigenvalue weighted by Gasteiger charge is -2.24. The van der Waals surface area contributed by atoms with Gasteiger partial charge in [-0.05, 0) is 31.2 Å². The third-order valence-electron chi connectivity index (χ3n) is 3.66. The van der Waals surface area contributed by atoms with Crippen molar-refractivity contribution in [3.8, 4) is 0 Å². The Hall–Kier alpha value is -2.03. The monoisotopic (exact) mass is 348 g/mol. The first-order valence-corrected chi connectivity index (χ1v) is 9.29. The highest BCUT2D eigenvalue weighted by atomic mass is 32.2. The molecular weight excluding hydrogens is 332 g/mol. The molecule has 2 N–H and O–H groups in total. The molecule has 0 fully saturated rings. The molecule has 1 atom stereocenters. The van der Waals surface area contributed by atoms with E-state index in [9.17, 15) is 8.42 Å². The van der Waals surface area contributed by atoms with Gasteiger partial charge < -0.3 is 4.90 Å². The molecule has 0 bridgehead atoms. The molecule has 0 aliphatic heterocycles. The van der Waals surface area contributed by atoms with Gasteiger partial charge in [-0.3, -0.25) is 0 Å². The van der Waals surface area contributed by atoms with Gasteiger partial charge >= 0.3 is 0 Å². The predicted octanol–water partition coefficient (Wildman–Crippen LogP) is 2.54. The number of hydrogen-bond donors (Lipinski definition) is 1. The van der Waals surface area contributed by atoms with E-state index in [1.165, 1.54) is 12.3 Å². The molecule has 0 saturated heterocycles. The Balaban J connectivity index is 1.88. The molecule has 120 valence electrons. The Labute approximate surface area is 138 Å². The second-order valence-electron chi connectivity index (χ2n) is 5.20. The molecule has 23 heavy (non-hydrogen) atoms. The molecule has 6 nitrogen and oxygen atoms in total. The summed E-state index contributed by atoms with van der Waals surface area (Å²) in [4.78, 5) is 10.8. The number of nitrogens with two attached hydrogens (primary N) is 1. The zero-order chi connectivity index (χ0) is 16.6. The van der Waals surface area contributed by atoms with E-state index in [-0.39, 0.29) is 10.9 Å². The number of sulfonamides is 1. The molecule has 0 spiro atoms. The number of aromatic nitrogens is 2. The maximum atomic E-state index is 11.3. The van der Waals surface area contributed by atoms with Crippen LogP contribution in [0.3, 0.4) is 0 Å². The number of anilines is 1. The van der Waals surface area contributed by atoms with Crippen LogP contribution in [0.5, 0.6) is 0 Å². The number of para-hydroxylation sites is 1. The van der Waals surface area contributed by atoms with E-state index >= 15 is 0 Å². The minimum absolute atomic E-state index is 0.00212. The predicted molar refractivity (Wildman–Crippen MR) is 92.0 cm³/mol. The fourth-order valence-electron chi connectivity index (χ4n) is 2.18. The summed E-state index contributed by atoms with van der Waals surface area (Å²) < 4.78 is 23.7. The van der Waals surface area contributed by atoms with E-state index in [4.69, 9.17) is 5.14 Å². The van der Waals surface area contributed by atoms with Crippen molar-refractivity contribution < 1.29 is 8.42 Å². The van der Waals surface area contributed by atoms with Crippen LogP contribution in [-0.2, 0) is 10.0 Å². The van der Waals surface area contributed by atoms with Crippen molar-refractivity contribution >= 4 is 37.4 Å². The first-order chi connectivity index (χ1) is 10.9. The van der Waals surface area contributed by atoms with Crippen molar-refractivity contribution in [2.75, 3.05) is 11.9 Å². The van der Waals surface area contributed by atoms with Crippen molar-refractivity contribution in [3.05, 3.63) is 47.6 Å². The number of nitrogens with zero attached hydrogens (tertiary/aromatic N) is 3. The topological polar surface area (TPSA) is 89.2 Å². The fourth-order valence-corrected chi connectivity index (χ4v) is 3.70. The van der Waals surface area contributed by atoms with Crippen LogP contribution in [0.2, 0.25) is 0 Å². The molecule has 0 radical (unpaired) electrons. The number of rotatable bonds is 4. The zero-order valence-electron chi connectivity index (χ0n) is 12.7. The van der Waals surface area contributed by atoms with E-state index in [0.717, 1.165) is 15.2 Å². The smallest absolute Gasteiger partial charge is 0.239 e. The number of benzene rings is 1. The molecule has 0 amide bonds. The summed E-state index contributed by atoms with van der Waals surface area (Å²) in [6, 6.07) is 11.1. The van der Waals surface area contributed by atoms with Crippen molar-refractivity contribution in [2.24, 2.45) is 5.14 Å². The zero-order valence-corrected chi connectivity index (χ0v) is 14.3. The van der Waals surface area contributed by atoms with Gasteiger partial charge in [0.1, 0.15) is 15.7 Å².